The number of anilines is 1. The number of benzene rings is 2. The Morgan fingerprint density at radius 3 is 2.11 bits per heavy atom. The van der Waals surface area contributed by atoms with Gasteiger partial charge in [0.15, 0.2) is 0 Å². The van der Waals surface area contributed by atoms with Gasteiger partial charge in [-0.15, -0.1) is 0 Å². The third-order valence-corrected chi connectivity index (χ3v) is 5.54. The van der Waals surface area contributed by atoms with Gasteiger partial charge in [0.1, 0.15) is 17.7 Å². The third-order valence-electron chi connectivity index (χ3n) is 5.54. The smallest absolute Gasteiger partial charge is 0.408 e. The topological polar surface area (TPSA) is 131 Å². The Morgan fingerprint density at radius 2 is 1.56 bits per heavy atom. The normalized spacial score (nSPS) is 12.7. The maximum atomic E-state index is 13.6. The summed E-state index contributed by atoms with van der Waals surface area (Å²) >= 11 is 0. The van der Waals surface area contributed by atoms with Crippen molar-refractivity contribution in [2.45, 2.75) is 65.1 Å². The van der Waals surface area contributed by atoms with Crippen LogP contribution in [0.4, 0.5) is 10.5 Å². The number of amides is 4. The van der Waals surface area contributed by atoms with Gasteiger partial charge in [-0.25, -0.2) is 4.79 Å². The summed E-state index contributed by atoms with van der Waals surface area (Å²) < 4.78 is 5.29. The zero-order valence-electron chi connectivity index (χ0n) is 21.8. The molecular weight excluding hydrogens is 460 g/mol. The fourth-order valence-electron chi connectivity index (χ4n) is 3.70. The number of hydrogen-bond donors (Lipinski definition) is 3. The molecule has 194 valence electrons. The van der Waals surface area contributed by atoms with Gasteiger partial charge < -0.3 is 26.0 Å². The lowest BCUT2D eigenvalue weighted by molar-refractivity contribution is -0.139. The number of rotatable bonds is 9. The fourth-order valence-corrected chi connectivity index (χ4v) is 3.70. The number of nitrogens with zero attached hydrogens (tertiary/aromatic N) is 1. The minimum atomic E-state index is -1.13. The van der Waals surface area contributed by atoms with Gasteiger partial charge in [-0.2, -0.15) is 0 Å². The number of alkyl carbamates (subject to hydrolysis) is 1. The first kappa shape index (κ1) is 28.4. The van der Waals surface area contributed by atoms with Gasteiger partial charge in [0.25, 0.3) is 5.91 Å². The van der Waals surface area contributed by atoms with E-state index < -0.39 is 41.5 Å². The molecule has 4 N–H and O–H groups in total. The molecule has 0 spiro atoms. The molecular formula is C27H36N4O5. The maximum Gasteiger partial charge on any atom is 0.408 e. The van der Waals surface area contributed by atoms with Crippen LogP contribution in [0.25, 0.3) is 0 Å². The number of likely N-dealkylation sites (N-methyl/N-ethyl adjacent to an activating group) is 1. The van der Waals surface area contributed by atoms with Gasteiger partial charge in [0.2, 0.25) is 11.8 Å². The first-order chi connectivity index (χ1) is 16.8. The van der Waals surface area contributed by atoms with Crippen LogP contribution in [0.15, 0.2) is 48.5 Å². The van der Waals surface area contributed by atoms with Crippen molar-refractivity contribution in [3.63, 3.8) is 0 Å². The third kappa shape index (κ3) is 8.11. The molecule has 0 heterocycles. The van der Waals surface area contributed by atoms with Crippen LogP contribution in [0.1, 0.15) is 56.3 Å². The maximum absolute atomic E-state index is 13.6. The molecule has 4 amide bonds. The minimum Gasteiger partial charge on any atom is -0.444 e. The van der Waals surface area contributed by atoms with Gasteiger partial charge in [0, 0.05) is 19.2 Å². The minimum absolute atomic E-state index is 0.0440. The second kappa shape index (κ2) is 12.2. The molecule has 0 saturated carbocycles. The molecule has 0 aliphatic heterocycles. The second-order valence-electron chi connectivity index (χ2n) is 9.72. The van der Waals surface area contributed by atoms with Crippen LogP contribution < -0.4 is 16.4 Å². The summed E-state index contributed by atoms with van der Waals surface area (Å²) in [5.74, 6) is -1.59. The highest BCUT2D eigenvalue weighted by Crippen LogP contribution is 2.27. The molecule has 36 heavy (non-hydrogen) atoms. The number of nitrogens with two attached hydrogens (primary N) is 1. The number of carbonyl (C=O) groups is 4. The van der Waals surface area contributed by atoms with E-state index in [2.05, 4.69) is 10.6 Å². The molecule has 0 fully saturated rings. The number of nitrogens with one attached hydrogen (secondary N) is 2. The van der Waals surface area contributed by atoms with Crippen molar-refractivity contribution in [1.82, 2.24) is 10.2 Å². The summed E-state index contributed by atoms with van der Waals surface area (Å²) in [6.45, 7) is 8.82. The number of hydrogen-bond acceptors (Lipinski definition) is 5. The quantitative estimate of drug-likeness (QED) is 0.488. The Bertz CT molecular complexity index is 1110. The second-order valence-corrected chi connectivity index (χ2v) is 9.72. The Hall–Kier alpha value is -3.88. The van der Waals surface area contributed by atoms with Crippen LogP contribution in [0.5, 0.6) is 0 Å². The first-order valence-corrected chi connectivity index (χ1v) is 11.8. The molecule has 9 nitrogen and oxygen atoms in total. The summed E-state index contributed by atoms with van der Waals surface area (Å²) in [6, 6.07) is 12.5. The van der Waals surface area contributed by atoms with E-state index >= 15 is 0 Å². The predicted octanol–water partition coefficient (Wildman–Crippen LogP) is 3.60. The Labute approximate surface area is 212 Å². The average molecular weight is 497 g/mol. The highest BCUT2D eigenvalue weighted by Gasteiger charge is 2.35. The van der Waals surface area contributed by atoms with Crippen molar-refractivity contribution in [2.75, 3.05) is 12.4 Å². The molecule has 2 unspecified atom stereocenters. The highest BCUT2D eigenvalue weighted by atomic mass is 16.6. The van der Waals surface area contributed by atoms with Gasteiger partial charge >= 0.3 is 6.09 Å². The number of aryl methyl sites for hydroxylation is 2. The summed E-state index contributed by atoms with van der Waals surface area (Å²) in [6.07, 6.45) is -0.988. The molecule has 2 atom stereocenters. The zero-order valence-corrected chi connectivity index (χ0v) is 21.8. The van der Waals surface area contributed by atoms with E-state index in [1.54, 1.807) is 39.0 Å². The van der Waals surface area contributed by atoms with Crippen molar-refractivity contribution in [1.29, 1.82) is 0 Å². The van der Waals surface area contributed by atoms with E-state index in [-0.39, 0.29) is 12.8 Å². The van der Waals surface area contributed by atoms with Crippen molar-refractivity contribution >= 4 is 29.5 Å². The lowest BCUT2D eigenvalue weighted by Gasteiger charge is -2.32. The van der Waals surface area contributed by atoms with E-state index in [0.29, 0.717) is 11.3 Å². The van der Waals surface area contributed by atoms with Crippen molar-refractivity contribution in [3.8, 4) is 0 Å². The van der Waals surface area contributed by atoms with E-state index in [4.69, 9.17) is 10.5 Å². The molecule has 9 heteroatoms. The molecule has 0 bridgehead atoms. The largest absolute Gasteiger partial charge is 0.444 e. The molecule has 0 radical (unpaired) electrons. The molecule has 0 aliphatic rings. The fraction of sp³-hybridized carbons (Fsp3) is 0.407. The highest BCUT2D eigenvalue weighted by molar-refractivity contribution is 5.99. The van der Waals surface area contributed by atoms with Crippen LogP contribution in [0, 0.1) is 13.8 Å². The molecule has 0 saturated heterocycles. The number of ether oxygens (including phenoxy) is 1. The molecule has 2 aromatic rings. The number of para-hydroxylation sites is 1. The zero-order chi connectivity index (χ0) is 27.0. The SMILES string of the molecule is Cc1ccccc1NC(=O)C(c1ccccc1C)N(C)C(=O)C(CCC(N)=O)NC(=O)OC(C)(C)C. The Balaban J connectivity index is 2.41. The van der Waals surface area contributed by atoms with Gasteiger partial charge in [-0.05, 0) is 63.8 Å². The monoisotopic (exact) mass is 496 g/mol. The number of primary amides is 1. The van der Waals surface area contributed by atoms with E-state index in [9.17, 15) is 19.2 Å². The molecule has 2 aromatic carbocycles. The van der Waals surface area contributed by atoms with Crippen molar-refractivity contribution in [2.24, 2.45) is 5.73 Å². The van der Waals surface area contributed by atoms with Crippen LogP contribution in [-0.2, 0) is 19.1 Å². The lowest BCUT2D eigenvalue weighted by atomic mass is 9.98. The van der Waals surface area contributed by atoms with Crippen LogP contribution in [0.2, 0.25) is 0 Å². The Morgan fingerprint density at radius 1 is 0.972 bits per heavy atom. The summed E-state index contributed by atoms with van der Waals surface area (Å²) in [7, 11) is 1.49. The van der Waals surface area contributed by atoms with Crippen LogP contribution in [-0.4, -0.2) is 47.4 Å². The lowest BCUT2D eigenvalue weighted by Crippen LogP contribution is -2.51. The molecule has 0 aliphatic carbocycles. The summed E-state index contributed by atoms with van der Waals surface area (Å²) in [4.78, 5) is 52.4. The van der Waals surface area contributed by atoms with E-state index in [1.165, 1.54) is 11.9 Å². The first-order valence-electron chi connectivity index (χ1n) is 11.8. The van der Waals surface area contributed by atoms with Gasteiger partial charge in [0.05, 0.1) is 0 Å². The van der Waals surface area contributed by atoms with Crippen molar-refractivity contribution < 1.29 is 23.9 Å². The standard InChI is InChI=1S/C27H36N4O5/c1-17-11-7-9-13-19(17)23(24(33)29-20-14-10-8-12-18(20)2)31(6)25(34)21(15-16-22(28)32)30-26(35)36-27(3,4)5/h7-14,21,23H,15-16H2,1-6H3,(H2,28,32)(H,29,33)(H,30,35). The van der Waals surface area contributed by atoms with Crippen LogP contribution >= 0.6 is 0 Å². The average Bonchev–Trinajstić information content (AvgIpc) is 2.77. The predicted molar refractivity (Wildman–Crippen MR) is 138 cm³/mol. The van der Waals surface area contributed by atoms with E-state index in [0.717, 1.165) is 11.1 Å². The Kier molecular flexibility index (Phi) is 9.60. The van der Waals surface area contributed by atoms with Crippen LogP contribution in [0.3, 0.4) is 0 Å². The van der Waals surface area contributed by atoms with Crippen molar-refractivity contribution in [3.05, 3.63) is 65.2 Å². The summed E-state index contributed by atoms with van der Waals surface area (Å²) in [5.41, 5.74) is 7.45. The summed E-state index contributed by atoms with van der Waals surface area (Å²) in [5, 5.41) is 5.45. The van der Waals surface area contributed by atoms with E-state index in [1.807, 2.05) is 44.2 Å². The van der Waals surface area contributed by atoms with Gasteiger partial charge in [-0.3, -0.25) is 14.4 Å². The van der Waals surface area contributed by atoms with Gasteiger partial charge in [-0.1, -0.05) is 42.5 Å². The number of carbonyl (C=O) groups excluding carboxylic acids is 4. The molecule has 0 aromatic heterocycles. The molecule has 2 rings (SSSR count).